The van der Waals surface area contributed by atoms with Crippen LogP contribution in [0.5, 0.6) is 0 Å². The highest BCUT2D eigenvalue weighted by Gasteiger charge is 2.36. The van der Waals surface area contributed by atoms with Gasteiger partial charge in [-0.1, -0.05) is 6.42 Å². The van der Waals surface area contributed by atoms with Crippen molar-refractivity contribution in [1.82, 2.24) is 20.1 Å². The third-order valence-corrected chi connectivity index (χ3v) is 5.66. The van der Waals surface area contributed by atoms with Crippen LogP contribution in [0.3, 0.4) is 0 Å². The Labute approximate surface area is 150 Å². The number of pyridine rings is 1. The summed E-state index contributed by atoms with van der Waals surface area (Å²) >= 11 is 0. The van der Waals surface area contributed by atoms with E-state index in [-0.39, 0.29) is 18.7 Å². The van der Waals surface area contributed by atoms with Gasteiger partial charge in [0.25, 0.3) is 0 Å². The van der Waals surface area contributed by atoms with E-state index in [0.29, 0.717) is 31.6 Å². The largest absolute Gasteiger partial charge is 0.396 e. The van der Waals surface area contributed by atoms with Crippen molar-refractivity contribution in [1.29, 1.82) is 0 Å². The maximum absolute atomic E-state index is 12.8. The molecular weight excluding hydrogens is 316 g/mol. The van der Waals surface area contributed by atoms with Crippen molar-refractivity contribution in [3.05, 3.63) is 30.1 Å². The first kappa shape index (κ1) is 18.1. The highest BCUT2D eigenvalue weighted by molar-refractivity contribution is 5.74. The van der Waals surface area contributed by atoms with Crippen molar-refractivity contribution in [2.24, 2.45) is 0 Å². The summed E-state index contributed by atoms with van der Waals surface area (Å²) < 4.78 is 0. The molecule has 3 rings (SSSR count). The molecule has 2 bridgehead atoms. The Morgan fingerprint density at radius 1 is 1.32 bits per heavy atom. The van der Waals surface area contributed by atoms with Crippen molar-refractivity contribution < 1.29 is 9.90 Å². The van der Waals surface area contributed by atoms with Crippen molar-refractivity contribution in [2.75, 3.05) is 20.2 Å². The van der Waals surface area contributed by atoms with Crippen LogP contribution < -0.4 is 5.32 Å². The number of aliphatic hydroxyl groups is 1. The number of piperidine rings is 2. The van der Waals surface area contributed by atoms with Gasteiger partial charge in [-0.25, -0.2) is 4.79 Å². The molecule has 0 saturated carbocycles. The molecule has 2 amide bonds. The predicted octanol–water partition coefficient (Wildman–Crippen LogP) is 1.99. The molecule has 2 saturated heterocycles. The standard InChI is InChI=1S/C19H30N4O2/c1-22-17-4-2-5-18(22)13-16(12-17)21-19(25)23(10-3-11-24)14-15-6-8-20-9-7-15/h6-9,16-18,24H,2-5,10-14H2,1H3,(H,21,25)/t17-,18-/m0/s1. The maximum Gasteiger partial charge on any atom is 0.317 e. The van der Waals surface area contributed by atoms with Crippen LogP contribution in [0.2, 0.25) is 0 Å². The van der Waals surface area contributed by atoms with Gasteiger partial charge in [-0.3, -0.25) is 4.98 Å². The molecule has 2 aliphatic rings. The molecule has 0 unspecified atom stereocenters. The molecule has 1 aromatic rings. The lowest BCUT2D eigenvalue weighted by molar-refractivity contribution is 0.0492. The van der Waals surface area contributed by atoms with Crippen LogP contribution >= 0.6 is 0 Å². The van der Waals surface area contributed by atoms with Crippen molar-refractivity contribution in [2.45, 2.75) is 63.2 Å². The minimum Gasteiger partial charge on any atom is -0.396 e. The van der Waals surface area contributed by atoms with E-state index < -0.39 is 0 Å². The normalized spacial score (nSPS) is 26.2. The van der Waals surface area contributed by atoms with Gasteiger partial charge in [0.15, 0.2) is 0 Å². The Kier molecular flexibility index (Phi) is 6.26. The summed E-state index contributed by atoms with van der Waals surface area (Å²) in [4.78, 5) is 21.2. The number of nitrogens with zero attached hydrogens (tertiary/aromatic N) is 3. The monoisotopic (exact) mass is 346 g/mol. The van der Waals surface area contributed by atoms with Gasteiger partial charge in [-0.2, -0.15) is 0 Å². The van der Waals surface area contributed by atoms with E-state index in [2.05, 4.69) is 22.2 Å². The van der Waals surface area contributed by atoms with Crippen LogP contribution in [-0.2, 0) is 6.54 Å². The zero-order valence-electron chi connectivity index (χ0n) is 15.1. The van der Waals surface area contributed by atoms with Crippen LogP contribution in [0.4, 0.5) is 4.79 Å². The molecule has 138 valence electrons. The Morgan fingerprint density at radius 2 is 2.00 bits per heavy atom. The Bertz CT molecular complexity index is 540. The van der Waals surface area contributed by atoms with E-state index in [1.54, 1.807) is 17.3 Å². The van der Waals surface area contributed by atoms with Gasteiger partial charge in [-0.05, 0) is 56.8 Å². The summed E-state index contributed by atoms with van der Waals surface area (Å²) in [7, 11) is 2.23. The summed E-state index contributed by atoms with van der Waals surface area (Å²) in [5, 5.41) is 12.4. The second-order valence-electron chi connectivity index (χ2n) is 7.38. The average Bonchev–Trinajstić information content (AvgIpc) is 2.60. The Balaban J connectivity index is 1.60. The van der Waals surface area contributed by atoms with Gasteiger partial charge < -0.3 is 20.2 Å². The number of nitrogens with one attached hydrogen (secondary N) is 1. The number of rotatable bonds is 6. The molecule has 0 spiro atoms. The van der Waals surface area contributed by atoms with Gasteiger partial charge in [0.05, 0.1) is 0 Å². The molecule has 1 aromatic heterocycles. The summed E-state index contributed by atoms with van der Waals surface area (Å²) in [6, 6.07) is 5.30. The van der Waals surface area contributed by atoms with Gasteiger partial charge in [0.2, 0.25) is 0 Å². The number of aliphatic hydroxyl groups excluding tert-OH is 1. The minimum absolute atomic E-state index is 0.0158. The number of carbonyl (C=O) groups is 1. The fourth-order valence-corrected chi connectivity index (χ4v) is 4.22. The smallest absolute Gasteiger partial charge is 0.317 e. The summed E-state index contributed by atoms with van der Waals surface area (Å²) in [5.74, 6) is 0. The first-order valence-corrected chi connectivity index (χ1v) is 9.44. The SMILES string of the molecule is CN1[C@H]2CCC[C@H]1CC(NC(=O)N(CCCO)Cc1ccncc1)C2. The van der Waals surface area contributed by atoms with Gasteiger partial charge in [-0.15, -0.1) is 0 Å². The molecule has 0 aliphatic carbocycles. The third-order valence-electron chi connectivity index (χ3n) is 5.66. The predicted molar refractivity (Wildman–Crippen MR) is 97.1 cm³/mol. The summed E-state index contributed by atoms with van der Waals surface area (Å²) in [6.45, 7) is 1.20. The first-order chi connectivity index (χ1) is 12.2. The first-order valence-electron chi connectivity index (χ1n) is 9.44. The highest BCUT2D eigenvalue weighted by Crippen LogP contribution is 2.32. The number of hydrogen-bond donors (Lipinski definition) is 2. The topological polar surface area (TPSA) is 68.7 Å². The van der Waals surface area contributed by atoms with Crippen molar-refractivity contribution in [3.8, 4) is 0 Å². The molecule has 2 N–H and O–H groups in total. The van der Waals surface area contributed by atoms with Crippen LogP contribution in [0, 0.1) is 0 Å². The third kappa shape index (κ3) is 4.70. The number of aromatic nitrogens is 1. The Hall–Kier alpha value is -1.66. The van der Waals surface area contributed by atoms with Crippen molar-refractivity contribution >= 4 is 6.03 Å². The fraction of sp³-hybridized carbons (Fsp3) is 0.684. The lowest BCUT2D eigenvalue weighted by Gasteiger charge is -2.47. The molecule has 0 radical (unpaired) electrons. The fourth-order valence-electron chi connectivity index (χ4n) is 4.22. The summed E-state index contributed by atoms with van der Waals surface area (Å²) in [6.07, 6.45) is 9.96. The zero-order valence-corrected chi connectivity index (χ0v) is 15.1. The van der Waals surface area contributed by atoms with Gasteiger partial charge in [0, 0.05) is 50.2 Å². The molecular formula is C19H30N4O2. The molecule has 25 heavy (non-hydrogen) atoms. The molecule has 2 aliphatic heterocycles. The van der Waals surface area contributed by atoms with E-state index in [4.69, 9.17) is 5.11 Å². The molecule has 2 fully saturated rings. The highest BCUT2D eigenvalue weighted by atomic mass is 16.3. The van der Waals surface area contributed by atoms with Crippen LogP contribution in [0.15, 0.2) is 24.5 Å². The van der Waals surface area contributed by atoms with E-state index in [1.165, 1.54) is 19.3 Å². The van der Waals surface area contributed by atoms with Crippen molar-refractivity contribution in [3.63, 3.8) is 0 Å². The molecule has 0 aromatic carbocycles. The van der Waals surface area contributed by atoms with E-state index in [1.807, 2.05) is 12.1 Å². The van der Waals surface area contributed by atoms with E-state index in [9.17, 15) is 4.79 Å². The second-order valence-corrected chi connectivity index (χ2v) is 7.38. The van der Waals surface area contributed by atoms with Crippen LogP contribution in [0.1, 0.15) is 44.1 Å². The molecule has 6 heteroatoms. The lowest BCUT2D eigenvalue weighted by Crippen LogP contribution is -2.56. The quantitative estimate of drug-likeness (QED) is 0.827. The number of urea groups is 1. The van der Waals surface area contributed by atoms with Crippen LogP contribution in [-0.4, -0.2) is 64.2 Å². The number of fused-ring (bicyclic) bond motifs is 2. The molecule has 3 heterocycles. The zero-order chi connectivity index (χ0) is 17.6. The van der Waals surface area contributed by atoms with Gasteiger partial charge >= 0.3 is 6.03 Å². The maximum atomic E-state index is 12.8. The van der Waals surface area contributed by atoms with Crippen LogP contribution in [0.25, 0.3) is 0 Å². The van der Waals surface area contributed by atoms with Gasteiger partial charge in [0.1, 0.15) is 0 Å². The molecule has 6 nitrogen and oxygen atoms in total. The number of carbonyl (C=O) groups excluding carboxylic acids is 1. The van der Waals surface area contributed by atoms with E-state index in [0.717, 1.165) is 18.4 Å². The number of hydrogen-bond acceptors (Lipinski definition) is 4. The number of amides is 2. The molecule has 2 atom stereocenters. The van der Waals surface area contributed by atoms with E-state index >= 15 is 0 Å². The lowest BCUT2D eigenvalue weighted by atomic mass is 9.82. The Morgan fingerprint density at radius 3 is 2.64 bits per heavy atom. The summed E-state index contributed by atoms with van der Waals surface area (Å²) in [5.41, 5.74) is 1.06. The second kappa shape index (κ2) is 8.63. The average molecular weight is 346 g/mol. The minimum atomic E-state index is -0.0158.